The van der Waals surface area contributed by atoms with E-state index in [1.807, 2.05) is 4.90 Å². The summed E-state index contributed by atoms with van der Waals surface area (Å²) in [6, 6.07) is 5.75. The molecule has 2 N–H and O–H groups in total. The summed E-state index contributed by atoms with van der Waals surface area (Å²) in [5, 5.41) is 4.70. The van der Waals surface area contributed by atoms with Gasteiger partial charge in [0, 0.05) is 48.1 Å². The second-order valence-electron chi connectivity index (χ2n) is 10.5. The molecule has 2 saturated heterocycles. The van der Waals surface area contributed by atoms with Crippen LogP contribution >= 0.6 is 0 Å². The van der Waals surface area contributed by atoms with Gasteiger partial charge in [-0.25, -0.2) is 9.78 Å². The van der Waals surface area contributed by atoms with Crippen molar-refractivity contribution in [3.05, 3.63) is 65.7 Å². The quantitative estimate of drug-likeness (QED) is 0.322. The van der Waals surface area contributed by atoms with Crippen molar-refractivity contribution in [2.24, 2.45) is 0 Å². The van der Waals surface area contributed by atoms with Crippen LogP contribution in [0, 0.1) is 6.92 Å². The molecule has 0 atom stereocenters. The van der Waals surface area contributed by atoms with Gasteiger partial charge in [-0.3, -0.25) is 0 Å². The van der Waals surface area contributed by atoms with Gasteiger partial charge in [-0.15, -0.1) is 0 Å². The van der Waals surface area contributed by atoms with Crippen molar-refractivity contribution in [1.82, 2.24) is 14.5 Å². The van der Waals surface area contributed by atoms with Crippen LogP contribution in [0.2, 0.25) is 0 Å². The first kappa shape index (κ1) is 28.8. The van der Waals surface area contributed by atoms with Crippen LogP contribution in [0.5, 0.6) is 0 Å². The van der Waals surface area contributed by atoms with Crippen LogP contribution in [0.25, 0.3) is 5.69 Å². The Hall–Kier alpha value is -3.74. The van der Waals surface area contributed by atoms with Gasteiger partial charge >= 0.3 is 18.4 Å². The molecule has 2 aliphatic heterocycles. The monoisotopic (exact) mass is 580 g/mol. The van der Waals surface area contributed by atoms with E-state index in [0.29, 0.717) is 30.5 Å². The number of likely N-dealkylation sites (tertiary alicyclic amines) is 1. The van der Waals surface area contributed by atoms with Gasteiger partial charge in [-0.1, -0.05) is 0 Å². The van der Waals surface area contributed by atoms with Gasteiger partial charge in [0.15, 0.2) is 0 Å². The third-order valence-corrected chi connectivity index (χ3v) is 7.50. The predicted octanol–water partition coefficient (Wildman–Crippen LogP) is 6.93. The zero-order valence-electron chi connectivity index (χ0n) is 22.3. The Morgan fingerprint density at radius 3 is 1.85 bits per heavy atom. The lowest BCUT2D eigenvalue weighted by atomic mass is 10.0. The van der Waals surface area contributed by atoms with Gasteiger partial charge < -0.3 is 25.0 Å². The van der Waals surface area contributed by atoms with E-state index in [-0.39, 0.29) is 17.1 Å². The molecular formula is C28H30F6N6O. The third-order valence-electron chi connectivity index (χ3n) is 7.50. The van der Waals surface area contributed by atoms with Crippen molar-refractivity contribution in [3.8, 4) is 5.69 Å². The van der Waals surface area contributed by atoms with Crippen LogP contribution in [0.4, 0.5) is 48.2 Å². The molecule has 41 heavy (non-hydrogen) atoms. The van der Waals surface area contributed by atoms with Gasteiger partial charge in [0.2, 0.25) is 0 Å². The molecule has 0 radical (unpaired) electrons. The van der Waals surface area contributed by atoms with Gasteiger partial charge in [0.1, 0.15) is 0 Å². The first-order valence-electron chi connectivity index (χ1n) is 13.4. The molecule has 1 aromatic heterocycles. The maximum atomic E-state index is 13.8. The van der Waals surface area contributed by atoms with E-state index in [4.69, 9.17) is 0 Å². The van der Waals surface area contributed by atoms with Gasteiger partial charge in [-0.2, -0.15) is 26.3 Å². The molecule has 3 heterocycles. The molecule has 3 aromatic rings. The lowest BCUT2D eigenvalue weighted by Crippen LogP contribution is -2.43. The number of benzene rings is 2. The molecule has 220 valence electrons. The van der Waals surface area contributed by atoms with E-state index in [1.54, 1.807) is 6.92 Å². The minimum atomic E-state index is -4.70. The smallest absolute Gasteiger partial charge is 0.371 e. The van der Waals surface area contributed by atoms with Crippen molar-refractivity contribution in [1.29, 1.82) is 0 Å². The highest BCUT2D eigenvalue weighted by atomic mass is 19.4. The second-order valence-corrected chi connectivity index (χ2v) is 10.5. The topological polar surface area (TPSA) is 65.4 Å². The molecule has 7 nitrogen and oxygen atoms in total. The highest BCUT2D eigenvalue weighted by Gasteiger charge is 2.34. The Labute approximate surface area is 233 Å². The molecule has 0 spiro atoms. The second kappa shape index (κ2) is 11.3. The summed E-state index contributed by atoms with van der Waals surface area (Å²) in [5.41, 5.74) is -1.23. The van der Waals surface area contributed by atoms with Crippen molar-refractivity contribution < 1.29 is 31.1 Å². The van der Waals surface area contributed by atoms with Gasteiger partial charge in [0.25, 0.3) is 0 Å². The zero-order chi connectivity index (χ0) is 29.4. The van der Waals surface area contributed by atoms with Crippen molar-refractivity contribution in [3.63, 3.8) is 0 Å². The zero-order valence-corrected chi connectivity index (χ0v) is 22.3. The molecule has 2 fully saturated rings. The number of aryl methyl sites for hydroxylation is 1. The molecular weight excluding hydrogens is 550 g/mol. The molecule has 0 bridgehead atoms. The molecule has 0 unspecified atom stereocenters. The van der Waals surface area contributed by atoms with Gasteiger partial charge in [-0.05, 0) is 82.1 Å². The van der Waals surface area contributed by atoms with Crippen LogP contribution in [-0.2, 0) is 12.4 Å². The highest BCUT2D eigenvalue weighted by Crippen LogP contribution is 2.36. The number of carbonyl (C=O) groups excluding carboxylic acids is 1. The normalized spacial score (nSPS) is 17.2. The Balaban J connectivity index is 1.35. The molecule has 2 aliphatic rings. The minimum Gasteiger partial charge on any atom is -0.371 e. The van der Waals surface area contributed by atoms with Gasteiger partial charge in [0.05, 0.1) is 23.1 Å². The first-order chi connectivity index (χ1) is 19.3. The number of piperidine rings is 1. The fraction of sp³-hybridized carbons (Fsp3) is 0.429. The van der Waals surface area contributed by atoms with Crippen molar-refractivity contribution in [2.45, 2.75) is 51.0 Å². The summed E-state index contributed by atoms with van der Waals surface area (Å²) in [4.78, 5) is 21.1. The number of urea groups is 1. The number of imidazole rings is 1. The standard InChI is InChI=1S/C28H30F6N6O/c1-18-16-40(17-35-18)25-13-20(28(32,33)34)11-22(15-25)37-26(41)36-21-10-19(27(29,30)31)12-24(14-21)39-8-4-23(5-9-39)38-6-2-3-7-38/h10-17,23H,2-9H2,1H3,(H2,36,37,41). The summed E-state index contributed by atoms with van der Waals surface area (Å²) < 4.78 is 83.4. The molecule has 2 amide bonds. The van der Waals surface area contributed by atoms with Crippen molar-refractivity contribution >= 4 is 23.1 Å². The fourth-order valence-corrected chi connectivity index (χ4v) is 5.48. The highest BCUT2D eigenvalue weighted by molar-refractivity contribution is 6.00. The van der Waals surface area contributed by atoms with Crippen molar-refractivity contribution in [2.75, 3.05) is 41.7 Å². The first-order valence-corrected chi connectivity index (χ1v) is 13.4. The van der Waals surface area contributed by atoms with E-state index in [9.17, 15) is 31.1 Å². The van der Waals surface area contributed by atoms with E-state index in [0.717, 1.165) is 63.0 Å². The van der Waals surface area contributed by atoms with Crippen LogP contribution in [0.3, 0.4) is 0 Å². The Morgan fingerprint density at radius 1 is 0.805 bits per heavy atom. The number of alkyl halides is 6. The third kappa shape index (κ3) is 6.95. The predicted molar refractivity (Wildman–Crippen MR) is 143 cm³/mol. The number of nitrogens with zero attached hydrogens (tertiary/aromatic N) is 4. The molecule has 5 rings (SSSR count). The number of nitrogens with one attached hydrogen (secondary N) is 2. The number of aromatic nitrogens is 2. The summed E-state index contributed by atoms with van der Waals surface area (Å²) in [6.07, 6.45) is -2.51. The van der Waals surface area contributed by atoms with E-state index in [1.165, 1.54) is 29.2 Å². The lowest BCUT2D eigenvalue weighted by molar-refractivity contribution is -0.138. The Kier molecular flexibility index (Phi) is 7.91. The number of rotatable bonds is 5. The van der Waals surface area contributed by atoms with Crippen LogP contribution in [-0.4, -0.2) is 52.7 Å². The summed E-state index contributed by atoms with van der Waals surface area (Å²) in [6.45, 7) is 4.93. The van der Waals surface area contributed by atoms with Crippen LogP contribution in [0.1, 0.15) is 42.5 Å². The summed E-state index contributed by atoms with van der Waals surface area (Å²) >= 11 is 0. The number of amides is 2. The molecule has 2 aromatic carbocycles. The SMILES string of the molecule is Cc1cn(-c2cc(NC(=O)Nc3cc(N4CCC(N5CCCC5)CC4)cc(C(F)(F)F)c3)cc(C(F)(F)F)c2)cn1. The minimum absolute atomic E-state index is 0.106. The largest absolute Gasteiger partial charge is 0.416 e. The lowest BCUT2D eigenvalue weighted by Gasteiger charge is -2.38. The molecule has 0 aliphatic carbocycles. The average Bonchev–Trinajstić information content (AvgIpc) is 3.60. The summed E-state index contributed by atoms with van der Waals surface area (Å²) in [5.74, 6) is 0. The van der Waals surface area contributed by atoms with Crippen LogP contribution in [0.15, 0.2) is 48.9 Å². The number of carbonyl (C=O) groups is 1. The van der Waals surface area contributed by atoms with E-state index < -0.39 is 29.5 Å². The number of hydrogen-bond acceptors (Lipinski definition) is 4. The Morgan fingerprint density at radius 2 is 1.34 bits per heavy atom. The van der Waals surface area contributed by atoms with E-state index >= 15 is 0 Å². The number of halogens is 6. The molecule has 0 saturated carbocycles. The number of hydrogen-bond donors (Lipinski definition) is 2. The summed E-state index contributed by atoms with van der Waals surface area (Å²) in [7, 11) is 0. The van der Waals surface area contributed by atoms with E-state index in [2.05, 4.69) is 20.5 Å². The van der Waals surface area contributed by atoms with Crippen LogP contribution < -0.4 is 15.5 Å². The maximum absolute atomic E-state index is 13.8. The average molecular weight is 581 g/mol. The Bertz CT molecular complexity index is 1390. The maximum Gasteiger partial charge on any atom is 0.416 e. The fourth-order valence-electron chi connectivity index (χ4n) is 5.48. The number of anilines is 3. The molecule has 13 heteroatoms.